The number of benzene rings is 2. The number of hydrogen-bond acceptors (Lipinski definition) is 1. The highest BCUT2D eigenvalue weighted by atomic mass is 19.1. The molecule has 2 heteroatoms. The quantitative estimate of drug-likeness (QED) is 0.783. The van der Waals surface area contributed by atoms with Crippen molar-refractivity contribution in [2.75, 3.05) is 6.54 Å². The van der Waals surface area contributed by atoms with Crippen LogP contribution in [0.2, 0.25) is 0 Å². The van der Waals surface area contributed by atoms with E-state index in [1.807, 2.05) is 12.1 Å². The lowest BCUT2D eigenvalue weighted by molar-refractivity contribution is 0.587. The highest BCUT2D eigenvalue weighted by Crippen LogP contribution is 2.24. The number of rotatable bonds is 5. The summed E-state index contributed by atoms with van der Waals surface area (Å²) in [4.78, 5) is 0. The van der Waals surface area contributed by atoms with Crippen LogP contribution in [0.15, 0.2) is 36.4 Å². The van der Waals surface area contributed by atoms with Gasteiger partial charge in [0.2, 0.25) is 0 Å². The van der Waals surface area contributed by atoms with E-state index in [9.17, 15) is 4.39 Å². The summed E-state index contributed by atoms with van der Waals surface area (Å²) in [6.07, 6.45) is 1.05. The lowest BCUT2D eigenvalue weighted by Crippen LogP contribution is -2.14. The van der Waals surface area contributed by atoms with Crippen LogP contribution in [0, 0.1) is 19.7 Å². The summed E-state index contributed by atoms with van der Waals surface area (Å²) in [5.41, 5.74) is 5.49. The number of hydrogen-bond donors (Lipinski definition) is 1. The molecular weight excluding hydrogens is 249 g/mol. The Bertz CT molecular complexity index is 590. The minimum Gasteiger partial charge on any atom is -0.313 e. The average molecular weight is 271 g/mol. The van der Waals surface area contributed by atoms with Crippen LogP contribution in [-0.4, -0.2) is 6.54 Å². The van der Waals surface area contributed by atoms with Gasteiger partial charge < -0.3 is 5.32 Å². The van der Waals surface area contributed by atoms with Crippen LogP contribution in [0.4, 0.5) is 4.39 Å². The maximum atomic E-state index is 13.8. The molecule has 1 nitrogen and oxygen atoms in total. The van der Waals surface area contributed by atoms with Crippen molar-refractivity contribution < 1.29 is 4.39 Å². The molecule has 20 heavy (non-hydrogen) atoms. The first-order chi connectivity index (χ1) is 9.61. The van der Waals surface area contributed by atoms with E-state index in [1.54, 1.807) is 6.07 Å². The third-order valence-electron chi connectivity index (χ3n) is 3.63. The van der Waals surface area contributed by atoms with Gasteiger partial charge in [-0.1, -0.05) is 31.2 Å². The topological polar surface area (TPSA) is 12.0 Å². The van der Waals surface area contributed by atoms with Crippen molar-refractivity contribution in [3.63, 3.8) is 0 Å². The fraction of sp³-hybridized carbons (Fsp3) is 0.333. The van der Waals surface area contributed by atoms with Crippen LogP contribution < -0.4 is 5.32 Å². The fourth-order valence-electron chi connectivity index (χ4n) is 2.21. The van der Waals surface area contributed by atoms with E-state index in [2.05, 4.69) is 44.3 Å². The highest BCUT2D eigenvalue weighted by Gasteiger charge is 2.06. The molecule has 0 saturated heterocycles. The molecule has 0 amide bonds. The van der Waals surface area contributed by atoms with Gasteiger partial charge in [0.05, 0.1) is 0 Å². The SMILES string of the molecule is CCCNCc1cc(-c2ccc(C)c(C)c2)ccc1F. The van der Waals surface area contributed by atoms with Crippen molar-refractivity contribution in [3.05, 3.63) is 58.9 Å². The monoisotopic (exact) mass is 271 g/mol. The molecule has 1 N–H and O–H groups in total. The van der Waals surface area contributed by atoms with E-state index in [4.69, 9.17) is 0 Å². The number of halogens is 1. The zero-order valence-electron chi connectivity index (χ0n) is 12.5. The molecule has 0 aromatic heterocycles. The lowest BCUT2D eigenvalue weighted by atomic mass is 9.99. The van der Waals surface area contributed by atoms with Crippen LogP contribution >= 0.6 is 0 Å². The van der Waals surface area contributed by atoms with Crippen LogP contribution in [0.5, 0.6) is 0 Å². The maximum absolute atomic E-state index is 13.8. The van der Waals surface area contributed by atoms with Gasteiger partial charge in [0.25, 0.3) is 0 Å². The molecule has 0 aliphatic carbocycles. The van der Waals surface area contributed by atoms with Crippen LogP contribution in [-0.2, 0) is 6.54 Å². The Balaban J connectivity index is 2.27. The zero-order valence-corrected chi connectivity index (χ0v) is 12.5. The van der Waals surface area contributed by atoms with Crippen LogP contribution in [0.25, 0.3) is 11.1 Å². The predicted octanol–water partition coefficient (Wildman–Crippen LogP) is 4.61. The maximum Gasteiger partial charge on any atom is 0.127 e. The minimum absolute atomic E-state index is 0.138. The Morgan fingerprint density at radius 3 is 2.35 bits per heavy atom. The smallest absolute Gasteiger partial charge is 0.127 e. The Morgan fingerprint density at radius 1 is 0.950 bits per heavy atom. The summed E-state index contributed by atoms with van der Waals surface area (Å²) < 4.78 is 13.8. The Morgan fingerprint density at radius 2 is 1.65 bits per heavy atom. The molecule has 0 fully saturated rings. The standard InChI is InChI=1S/C18H22FN/c1-4-9-20-12-17-11-16(7-8-18(17)19)15-6-5-13(2)14(3)10-15/h5-8,10-11,20H,4,9,12H2,1-3H3. The highest BCUT2D eigenvalue weighted by molar-refractivity contribution is 5.65. The van der Waals surface area contributed by atoms with Crippen molar-refractivity contribution in [2.45, 2.75) is 33.7 Å². The molecule has 2 rings (SSSR count). The van der Waals surface area contributed by atoms with Gasteiger partial charge in [-0.05, 0) is 61.2 Å². The first-order valence-electron chi connectivity index (χ1n) is 7.18. The summed E-state index contributed by atoms with van der Waals surface area (Å²) in [5.74, 6) is -0.138. The summed E-state index contributed by atoms with van der Waals surface area (Å²) in [6.45, 7) is 7.80. The second kappa shape index (κ2) is 6.67. The zero-order chi connectivity index (χ0) is 14.5. The predicted molar refractivity (Wildman–Crippen MR) is 83.3 cm³/mol. The van der Waals surface area contributed by atoms with E-state index in [0.29, 0.717) is 6.54 Å². The number of aryl methyl sites for hydroxylation is 2. The van der Waals surface area contributed by atoms with Gasteiger partial charge in [0, 0.05) is 12.1 Å². The molecule has 0 aliphatic heterocycles. The third kappa shape index (κ3) is 3.45. The van der Waals surface area contributed by atoms with Crippen LogP contribution in [0.3, 0.4) is 0 Å². The Kier molecular flexibility index (Phi) is 4.91. The van der Waals surface area contributed by atoms with E-state index >= 15 is 0 Å². The van der Waals surface area contributed by atoms with E-state index in [-0.39, 0.29) is 5.82 Å². The van der Waals surface area contributed by atoms with Gasteiger partial charge >= 0.3 is 0 Å². The van der Waals surface area contributed by atoms with Crippen molar-refractivity contribution in [1.29, 1.82) is 0 Å². The average Bonchev–Trinajstić information content (AvgIpc) is 2.44. The van der Waals surface area contributed by atoms with E-state index < -0.39 is 0 Å². The second-order valence-electron chi connectivity index (χ2n) is 5.28. The van der Waals surface area contributed by atoms with Crippen molar-refractivity contribution in [3.8, 4) is 11.1 Å². The summed E-state index contributed by atoms with van der Waals surface area (Å²) in [7, 11) is 0. The summed E-state index contributed by atoms with van der Waals surface area (Å²) in [6, 6.07) is 11.7. The third-order valence-corrected chi connectivity index (χ3v) is 3.63. The van der Waals surface area contributed by atoms with Gasteiger partial charge in [0.1, 0.15) is 5.82 Å². The molecule has 2 aromatic carbocycles. The van der Waals surface area contributed by atoms with Gasteiger partial charge in [0.15, 0.2) is 0 Å². The first kappa shape index (κ1) is 14.7. The Labute approximate surface area is 120 Å². The molecule has 0 aliphatic rings. The van der Waals surface area contributed by atoms with Gasteiger partial charge in [-0.15, -0.1) is 0 Å². The van der Waals surface area contributed by atoms with Crippen molar-refractivity contribution in [2.24, 2.45) is 0 Å². The lowest BCUT2D eigenvalue weighted by Gasteiger charge is -2.09. The molecule has 0 spiro atoms. The normalized spacial score (nSPS) is 10.8. The van der Waals surface area contributed by atoms with E-state index in [0.717, 1.165) is 29.7 Å². The summed E-state index contributed by atoms with van der Waals surface area (Å²) in [5, 5.41) is 3.25. The number of nitrogens with one attached hydrogen (secondary N) is 1. The van der Waals surface area contributed by atoms with Gasteiger partial charge in [-0.25, -0.2) is 4.39 Å². The molecule has 2 aromatic rings. The summed E-state index contributed by atoms with van der Waals surface area (Å²) >= 11 is 0. The molecule has 0 radical (unpaired) electrons. The van der Waals surface area contributed by atoms with Crippen molar-refractivity contribution >= 4 is 0 Å². The van der Waals surface area contributed by atoms with E-state index in [1.165, 1.54) is 11.1 Å². The minimum atomic E-state index is -0.138. The molecule has 0 unspecified atom stereocenters. The van der Waals surface area contributed by atoms with Gasteiger partial charge in [-0.2, -0.15) is 0 Å². The van der Waals surface area contributed by atoms with Crippen molar-refractivity contribution in [1.82, 2.24) is 5.32 Å². The molecule has 0 saturated carbocycles. The van der Waals surface area contributed by atoms with Gasteiger partial charge in [-0.3, -0.25) is 0 Å². The second-order valence-corrected chi connectivity index (χ2v) is 5.28. The Hall–Kier alpha value is -1.67. The molecule has 0 bridgehead atoms. The largest absolute Gasteiger partial charge is 0.313 e. The van der Waals surface area contributed by atoms with Crippen LogP contribution in [0.1, 0.15) is 30.0 Å². The molecule has 0 atom stereocenters. The molecule has 0 heterocycles. The molecular formula is C18H22FN. The molecule has 106 valence electrons. The first-order valence-corrected chi connectivity index (χ1v) is 7.18. The fourth-order valence-corrected chi connectivity index (χ4v) is 2.21.